The highest BCUT2D eigenvalue weighted by molar-refractivity contribution is 5.49. The molecule has 3 rings (SSSR count). The molecule has 0 amide bonds. The van der Waals surface area contributed by atoms with E-state index in [2.05, 4.69) is 37.0 Å². The number of benzene rings is 2. The standard InChI is InChI=1S/C24H26N2O2/c1-24(2,3)15-14-21-16-22(27-17-19-10-6-4-7-11-19)23(26-25-21)28-18-20-12-8-5-9-13-20/h4-16H,17-18H2,1-3H3. The molecule has 0 saturated carbocycles. The number of rotatable bonds is 7. The second-order valence-electron chi connectivity index (χ2n) is 7.69. The Morgan fingerprint density at radius 2 is 1.36 bits per heavy atom. The summed E-state index contributed by atoms with van der Waals surface area (Å²) in [5.41, 5.74) is 2.95. The van der Waals surface area contributed by atoms with Crippen molar-refractivity contribution in [2.24, 2.45) is 5.41 Å². The van der Waals surface area contributed by atoms with E-state index in [4.69, 9.17) is 9.47 Å². The van der Waals surface area contributed by atoms with Crippen molar-refractivity contribution in [3.63, 3.8) is 0 Å². The first-order chi connectivity index (χ1) is 13.5. The minimum atomic E-state index is 0.0647. The van der Waals surface area contributed by atoms with Crippen LogP contribution in [0.4, 0.5) is 0 Å². The van der Waals surface area contributed by atoms with Crippen molar-refractivity contribution in [2.75, 3.05) is 0 Å². The minimum Gasteiger partial charge on any atom is -0.483 e. The SMILES string of the molecule is CC(C)(C)C=Cc1cc(OCc2ccccc2)c(OCc2ccccc2)nn1. The van der Waals surface area contributed by atoms with Crippen molar-refractivity contribution in [1.82, 2.24) is 10.2 Å². The Morgan fingerprint density at radius 3 is 1.93 bits per heavy atom. The van der Waals surface area contributed by atoms with Gasteiger partial charge in [-0.15, -0.1) is 10.2 Å². The average molecular weight is 374 g/mol. The average Bonchev–Trinajstić information content (AvgIpc) is 2.71. The van der Waals surface area contributed by atoms with E-state index in [0.29, 0.717) is 24.8 Å². The lowest BCUT2D eigenvalue weighted by molar-refractivity contribution is 0.244. The van der Waals surface area contributed by atoms with Gasteiger partial charge in [0.2, 0.25) is 0 Å². The van der Waals surface area contributed by atoms with Crippen LogP contribution in [0.1, 0.15) is 37.6 Å². The van der Waals surface area contributed by atoms with Crippen molar-refractivity contribution >= 4 is 6.08 Å². The Bertz CT molecular complexity index is 901. The van der Waals surface area contributed by atoms with E-state index >= 15 is 0 Å². The van der Waals surface area contributed by atoms with Crippen LogP contribution in [-0.4, -0.2) is 10.2 Å². The summed E-state index contributed by atoms with van der Waals surface area (Å²) in [6.07, 6.45) is 4.06. The summed E-state index contributed by atoms with van der Waals surface area (Å²) in [7, 11) is 0. The lowest BCUT2D eigenvalue weighted by Crippen LogP contribution is -2.04. The Labute approximate surface area is 166 Å². The fourth-order valence-corrected chi connectivity index (χ4v) is 2.46. The molecule has 0 bridgehead atoms. The predicted octanol–water partition coefficient (Wildman–Crippen LogP) is 5.69. The second kappa shape index (κ2) is 9.18. The summed E-state index contributed by atoms with van der Waals surface area (Å²) in [4.78, 5) is 0. The van der Waals surface area contributed by atoms with E-state index < -0.39 is 0 Å². The molecular weight excluding hydrogens is 348 g/mol. The Kier molecular flexibility index (Phi) is 6.43. The van der Waals surface area contributed by atoms with Crippen LogP contribution in [-0.2, 0) is 13.2 Å². The summed E-state index contributed by atoms with van der Waals surface area (Å²) in [5.74, 6) is 0.982. The van der Waals surface area contributed by atoms with Crippen molar-refractivity contribution in [1.29, 1.82) is 0 Å². The first kappa shape index (κ1) is 19.6. The van der Waals surface area contributed by atoms with Crippen LogP contribution in [0, 0.1) is 5.41 Å². The fourth-order valence-electron chi connectivity index (χ4n) is 2.46. The van der Waals surface area contributed by atoms with E-state index in [1.165, 1.54) is 0 Å². The molecule has 0 aliphatic heterocycles. The van der Waals surface area contributed by atoms with Crippen LogP contribution in [0.5, 0.6) is 11.6 Å². The van der Waals surface area contributed by atoms with Gasteiger partial charge in [-0.1, -0.05) is 87.5 Å². The van der Waals surface area contributed by atoms with E-state index in [1.54, 1.807) is 0 Å². The number of hydrogen-bond donors (Lipinski definition) is 0. The van der Waals surface area contributed by atoms with Crippen LogP contribution < -0.4 is 9.47 Å². The maximum Gasteiger partial charge on any atom is 0.276 e. The molecular formula is C24H26N2O2. The van der Waals surface area contributed by atoms with Gasteiger partial charge < -0.3 is 9.47 Å². The first-order valence-electron chi connectivity index (χ1n) is 9.40. The van der Waals surface area contributed by atoms with E-state index in [9.17, 15) is 0 Å². The third-order valence-corrected chi connectivity index (χ3v) is 3.96. The van der Waals surface area contributed by atoms with Gasteiger partial charge in [0.1, 0.15) is 13.2 Å². The molecule has 28 heavy (non-hydrogen) atoms. The molecule has 0 radical (unpaired) electrons. The molecule has 4 heteroatoms. The number of aromatic nitrogens is 2. The Balaban J connectivity index is 1.79. The lowest BCUT2D eigenvalue weighted by Gasteiger charge is -2.13. The molecule has 1 heterocycles. The molecule has 0 aliphatic carbocycles. The third-order valence-electron chi connectivity index (χ3n) is 3.96. The number of allylic oxidation sites excluding steroid dienone is 1. The minimum absolute atomic E-state index is 0.0647. The molecule has 4 nitrogen and oxygen atoms in total. The molecule has 0 atom stereocenters. The van der Waals surface area contributed by atoms with Gasteiger partial charge >= 0.3 is 0 Å². The highest BCUT2D eigenvalue weighted by Gasteiger charge is 2.11. The molecule has 0 N–H and O–H groups in total. The number of hydrogen-bond acceptors (Lipinski definition) is 4. The Hall–Kier alpha value is -3.14. The summed E-state index contributed by atoms with van der Waals surface area (Å²) in [6, 6.07) is 21.9. The Morgan fingerprint density at radius 1 is 0.786 bits per heavy atom. The molecule has 0 unspecified atom stereocenters. The van der Waals surface area contributed by atoms with Crippen molar-refractivity contribution in [3.8, 4) is 11.6 Å². The lowest BCUT2D eigenvalue weighted by atomic mass is 9.96. The zero-order valence-electron chi connectivity index (χ0n) is 16.6. The van der Waals surface area contributed by atoms with Gasteiger partial charge in [-0.2, -0.15) is 0 Å². The van der Waals surface area contributed by atoms with Crippen LogP contribution >= 0.6 is 0 Å². The van der Waals surface area contributed by atoms with Crippen LogP contribution in [0.15, 0.2) is 72.8 Å². The molecule has 0 aliphatic rings. The molecule has 1 aromatic heterocycles. The molecule has 3 aromatic rings. The van der Waals surface area contributed by atoms with Crippen LogP contribution in [0.2, 0.25) is 0 Å². The molecule has 0 spiro atoms. The van der Waals surface area contributed by atoms with Gasteiger partial charge in [0, 0.05) is 6.07 Å². The normalized spacial score (nSPS) is 11.5. The zero-order chi connectivity index (χ0) is 19.8. The van der Waals surface area contributed by atoms with Crippen molar-refractivity contribution < 1.29 is 9.47 Å². The molecule has 0 saturated heterocycles. The first-order valence-corrected chi connectivity index (χ1v) is 9.40. The van der Waals surface area contributed by atoms with Gasteiger partial charge in [0.25, 0.3) is 5.88 Å². The van der Waals surface area contributed by atoms with E-state index in [0.717, 1.165) is 16.8 Å². The monoisotopic (exact) mass is 374 g/mol. The summed E-state index contributed by atoms with van der Waals surface area (Å²) in [6.45, 7) is 7.27. The largest absolute Gasteiger partial charge is 0.483 e. The predicted molar refractivity (Wildman–Crippen MR) is 112 cm³/mol. The zero-order valence-corrected chi connectivity index (χ0v) is 16.6. The highest BCUT2D eigenvalue weighted by Crippen LogP contribution is 2.27. The van der Waals surface area contributed by atoms with Crippen LogP contribution in [0.3, 0.4) is 0 Å². The van der Waals surface area contributed by atoms with Gasteiger partial charge in [-0.05, 0) is 22.6 Å². The summed E-state index contributed by atoms with van der Waals surface area (Å²) < 4.78 is 11.9. The topological polar surface area (TPSA) is 44.2 Å². The second-order valence-corrected chi connectivity index (χ2v) is 7.69. The van der Waals surface area contributed by atoms with Crippen LogP contribution in [0.25, 0.3) is 6.08 Å². The summed E-state index contributed by atoms with van der Waals surface area (Å²) >= 11 is 0. The quantitative estimate of drug-likeness (QED) is 0.532. The van der Waals surface area contributed by atoms with E-state index in [-0.39, 0.29) is 5.41 Å². The molecule has 144 valence electrons. The van der Waals surface area contributed by atoms with Gasteiger partial charge in [0.15, 0.2) is 5.75 Å². The smallest absolute Gasteiger partial charge is 0.276 e. The molecule has 2 aromatic carbocycles. The highest BCUT2D eigenvalue weighted by atomic mass is 16.5. The van der Waals surface area contributed by atoms with E-state index in [1.807, 2.05) is 72.8 Å². The fraction of sp³-hybridized carbons (Fsp3) is 0.250. The van der Waals surface area contributed by atoms with Gasteiger partial charge in [-0.3, -0.25) is 0 Å². The number of ether oxygens (including phenoxy) is 2. The molecule has 0 fully saturated rings. The van der Waals surface area contributed by atoms with Gasteiger partial charge in [-0.25, -0.2) is 0 Å². The van der Waals surface area contributed by atoms with Gasteiger partial charge in [0.05, 0.1) is 5.69 Å². The third kappa shape index (κ3) is 6.23. The van der Waals surface area contributed by atoms with Crippen molar-refractivity contribution in [3.05, 3.63) is 89.6 Å². The van der Waals surface area contributed by atoms with Crippen molar-refractivity contribution in [2.45, 2.75) is 34.0 Å². The maximum atomic E-state index is 6.02. The maximum absolute atomic E-state index is 6.02. The number of nitrogens with zero attached hydrogens (tertiary/aromatic N) is 2. The summed E-state index contributed by atoms with van der Waals surface area (Å²) in [5, 5.41) is 8.53.